The molecule has 0 radical (unpaired) electrons. The molecule has 0 saturated carbocycles. The Labute approximate surface area is 121 Å². The maximum atomic E-state index is 13.3. The van der Waals surface area contributed by atoms with E-state index in [1.54, 1.807) is 6.07 Å². The number of nitrogen functional groups attached to an aromatic ring is 1. The van der Waals surface area contributed by atoms with E-state index in [0.29, 0.717) is 22.3 Å². The van der Waals surface area contributed by atoms with Gasteiger partial charge in [0.2, 0.25) is 0 Å². The van der Waals surface area contributed by atoms with E-state index in [2.05, 4.69) is 13.8 Å². The van der Waals surface area contributed by atoms with Crippen LogP contribution in [-0.4, -0.2) is 4.21 Å². The van der Waals surface area contributed by atoms with Crippen LogP contribution in [0, 0.1) is 5.82 Å². The van der Waals surface area contributed by atoms with Gasteiger partial charge < -0.3 is 5.73 Å². The zero-order valence-corrected chi connectivity index (χ0v) is 12.4. The Kier molecular flexibility index (Phi) is 4.55. The van der Waals surface area contributed by atoms with Gasteiger partial charge in [0, 0.05) is 10.6 Å². The summed E-state index contributed by atoms with van der Waals surface area (Å²) in [5.74, 6) is 0.377. The first-order valence-corrected chi connectivity index (χ1v) is 7.81. The summed E-state index contributed by atoms with van der Waals surface area (Å²) in [6.07, 6.45) is 0. The maximum absolute atomic E-state index is 13.3. The van der Waals surface area contributed by atoms with E-state index in [4.69, 9.17) is 5.73 Å². The van der Waals surface area contributed by atoms with Gasteiger partial charge in [-0.1, -0.05) is 38.1 Å². The van der Waals surface area contributed by atoms with E-state index in [1.165, 1.54) is 17.7 Å². The molecule has 2 aromatic carbocycles. The first kappa shape index (κ1) is 14.7. The number of hydrogen-bond acceptors (Lipinski definition) is 2. The van der Waals surface area contributed by atoms with Gasteiger partial charge >= 0.3 is 0 Å². The number of halogens is 1. The molecule has 4 heteroatoms. The fourth-order valence-corrected chi connectivity index (χ4v) is 3.12. The van der Waals surface area contributed by atoms with E-state index >= 15 is 0 Å². The lowest BCUT2D eigenvalue weighted by Crippen LogP contribution is -1.99. The van der Waals surface area contributed by atoms with Crippen molar-refractivity contribution in [3.63, 3.8) is 0 Å². The van der Waals surface area contributed by atoms with Gasteiger partial charge in [0.1, 0.15) is 5.82 Å². The summed E-state index contributed by atoms with van der Waals surface area (Å²) in [5.41, 5.74) is 8.08. The summed E-state index contributed by atoms with van der Waals surface area (Å²) in [5, 5.41) is 0. The molecule has 0 heterocycles. The van der Waals surface area contributed by atoms with E-state index in [-0.39, 0.29) is 0 Å². The Morgan fingerprint density at radius 1 is 1.15 bits per heavy atom. The summed E-state index contributed by atoms with van der Waals surface area (Å²) >= 11 is 0. The molecule has 0 bridgehead atoms. The van der Waals surface area contributed by atoms with Crippen molar-refractivity contribution >= 4 is 16.5 Å². The summed E-state index contributed by atoms with van der Waals surface area (Å²) in [7, 11) is -1.29. The lowest BCUT2D eigenvalue weighted by Gasteiger charge is -2.07. The third-order valence-electron chi connectivity index (χ3n) is 3.10. The van der Waals surface area contributed by atoms with Gasteiger partial charge in [0.05, 0.1) is 16.6 Å². The van der Waals surface area contributed by atoms with Crippen LogP contribution >= 0.6 is 0 Å². The van der Waals surface area contributed by atoms with Gasteiger partial charge in [0.25, 0.3) is 0 Å². The molecule has 0 fully saturated rings. The molecule has 0 amide bonds. The minimum atomic E-state index is -1.29. The highest BCUT2D eigenvalue weighted by Gasteiger charge is 2.08. The van der Waals surface area contributed by atoms with Crippen molar-refractivity contribution in [3.05, 3.63) is 59.4 Å². The van der Waals surface area contributed by atoms with Crippen LogP contribution in [0.2, 0.25) is 0 Å². The topological polar surface area (TPSA) is 43.1 Å². The Morgan fingerprint density at radius 3 is 2.35 bits per heavy atom. The highest BCUT2D eigenvalue weighted by Crippen LogP contribution is 2.19. The van der Waals surface area contributed by atoms with Crippen LogP contribution in [0.3, 0.4) is 0 Å². The first-order valence-electron chi connectivity index (χ1n) is 6.49. The van der Waals surface area contributed by atoms with E-state index in [1.807, 2.05) is 24.3 Å². The molecule has 0 aliphatic heterocycles. The molecule has 106 valence electrons. The second-order valence-corrected chi connectivity index (χ2v) is 6.56. The number of benzene rings is 2. The zero-order valence-electron chi connectivity index (χ0n) is 11.6. The number of nitrogens with two attached hydrogens (primary N) is 1. The van der Waals surface area contributed by atoms with Crippen LogP contribution in [0.4, 0.5) is 10.1 Å². The standard InChI is InChI=1S/C16H18FNOS/c1-11(2)13-5-3-12(4-6-13)10-20(19)16-8-14(17)7-15(18)9-16/h3-9,11H,10,18H2,1-2H3. The van der Waals surface area contributed by atoms with Gasteiger partial charge in [-0.25, -0.2) is 4.39 Å². The minimum Gasteiger partial charge on any atom is -0.399 e. The van der Waals surface area contributed by atoms with Crippen molar-refractivity contribution < 1.29 is 8.60 Å². The molecule has 0 saturated heterocycles. The van der Waals surface area contributed by atoms with Gasteiger partial charge in [-0.15, -0.1) is 0 Å². The highest BCUT2D eigenvalue weighted by atomic mass is 32.2. The maximum Gasteiger partial charge on any atom is 0.126 e. The number of hydrogen-bond donors (Lipinski definition) is 1. The predicted octanol–water partition coefficient (Wildman–Crippen LogP) is 3.84. The van der Waals surface area contributed by atoms with Crippen LogP contribution in [-0.2, 0) is 16.6 Å². The van der Waals surface area contributed by atoms with Crippen molar-refractivity contribution in [1.29, 1.82) is 0 Å². The van der Waals surface area contributed by atoms with Crippen LogP contribution in [0.25, 0.3) is 0 Å². The molecule has 20 heavy (non-hydrogen) atoms. The Hall–Kier alpha value is -1.68. The van der Waals surface area contributed by atoms with Gasteiger partial charge in [-0.05, 0) is 35.2 Å². The fourth-order valence-electron chi connectivity index (χ4n) is 1.95. The van der Waals surface area contributed by atoms with Gasteiger partial charge in [-0.3, -0.25) is 4.21 Å². The van der Waals surface area contributed by atoms with Crippen molar-refractivity contribution in [2.75, 3.05) is 5.73 Å². The molecule has 0 aliphatic carbocycles. The molecule has 2 N–H and O–H groups in total. The largest absolute Gasteiger partial charge is 0.399 e. The minimum absolute atomic E-state index is 0.295. The van der Waals surface area contributed by atoms with Crippen molar-refractivity contribution in [3.8, 4) is 0 Å². The quantitative estimate of drug-likeness (QED) is 0.870. The normalized spacial score (nSPS) is 12.6. The molecule has 1 atom stereocenters. The average molecular weight is 291 g/mol. The molecule has 2 rings (SSSR count). The first-order chi connectivity index (χ1) is 9.45. The monoisotopic (exact) mass is 291 g/mol. The van der Waals surface area contributed by atoms with Crippen LogP contribution in [0.15, 0.2) is 47.4 Å². The second kappa shape index (κ2) is 6.18. The van der Waals surface area contributed by atoms with Crippen LogP contribution < -0.4 is 5.73 Å². The third-order valence-corrected chi connectivity index (χ3v) is 4.46. The Bertz CT molecular complexity index is 603. The lowest BCUT2D eigenvalue weighted by molar-refractivity contribution is 0.623. The Balaban J connectivity index is 2.14. The Morgan fingerprint density at radius 2 is 1.80 bits per heavy atom. The number of rotatable bonds is 4. The molecule has 1 unspecified atom stereocenters. The van der Waals surface area contributed by atoms with Crippen molar-refractivity contribution in [1.82, 2.24) is 0 Å². The molecule has 0 spiro atoms. The number of anilines is 1. The molecule has 2 aromatic rings. The van der Waals surface area contributed by atoms with Crippen molar-refractivity contribution in [2.24, 2.45) is 0 Å². The summed E-state index contributed by atoms with van der Waals surface area (Å²) < 4.78 is 25.5. The summed E-state index contributed by atoms with van der Waals surface area (Å²) in [6, 6.07) is 12.1. The smallest absolute Gasteiger partial charge is 0.126 e. The summed E-state index contributed by atoms with van der Waals surface area (Å²) in [6.45, 7) is 4.26. The second-order valence-electron chi connectivity index (χ2n) is 5.11. The van der Waals surface area contributed by atoms with Gasteiger partial charge in [0.15, 0.2) is 0 Å². The van der Waals surface area contributed by atoms with E-state index < -0.39 is 16.6 Å². The van der Waals surface area contributed by atoms with E-state index in [9.17, 15) is 8.60 Å². The van der Waals surface area contributed by atoms with Gasteiger partial charge in [-0.2, -0.15) is 0 Å². The van der Waals surface area contributed by atoms with Crippen LogP contribution in [0.5, 0.6) is 0 Å². The molecular formula is C16H18FNOS. The fraction of sp³-hybridized carbons (Fsp3) is 0.250. The van der Waals surface area contributed by atoms with E-state index in [0.717, 1.165) is 5.56 Å². The SMILES string of the molecule is CC(C)c1ccc(CS(=O)c2cc(N)cc(F)c2)cc1. The predicted molar refractivity (Wildman–Crippen MR) is 81.5 cm³/mol. The van der Waals surface area contributed by atoms with Crippen LogP contribution in [0.1, 0.15) is 30.9 Å². The summed E-state index contributed by atoms with van der Waals surface area (Å²) in [4.78, 5) is 0.426. The zero-order chi connectivity index (χ0) is 14.7. The molecule has 0 aromatic heterocycles. The molecule has 2 nitrogen and oxygen atoms in total. The lowest BCUT2D eigenvalue weighted by atomic mass is 10.0. The molecule has 0 aliphatic rings. The highest BCUT2D eigenvalue weighted by molar-refractivity contribution is 7.84. The average Bonchev–Trinajstić information content (AvgIpc) is 2.38. The van der Waals surface area contributed by atoms with Crippen molar-refractivity contribution in [2.45, 2.75) is 30.4 Å². The molecular weight excluding hydrogens is 273 g/mol. The third kappa shape index (κ3) is 3.67.